The number of aryl methyl sites for hydroxylation is 1. The smallest absolute Gasteiger partial charge is 0.316 e. The number of thiazole rings is 1. The molecule has 2 aromatic heterocycles. The second-order valence-corrected chi connectivity index (χ2v) is 10.6. The summed E-state index contributed by atoms with van der Waals surface area (Å²) in [6.07, 6.45) is 0.127. The lowest BCUT2D eigenvalue weighted by Crippen LogP contribution is -2.14. The van der Waals surface area contributed by atoms with Gasteiger partial charge < -0.3 is 10.1 Å². The van der Waals surface area contributed by atoms with Crippen LogP contribution in [0.3, 0.4) is 0 Å². The number of halogens is 1. The van der Waals surface area contributed by atoms with E-state index in [0.29, 0.717) is 27.2 Å². The number of aromatic nitrogens is 4. The molecule has 0 saturated carbocycles. The molecule has 0 aliphatic rings. The van der Waals surface area contributed by atoms with Gasteiger partial charge in [-0.05, 0) is 43.3 Å². The Balaban J connectivity index is 1.18. The molecule has 0 saturated heterocycles. The van der Waals surface area contributed by atoms with Gasteiger partial charge in [-0.1, -0.05) is 59.8 Å². The van der Waals surface area contributed by atoms with Crippen LogP contribution in [-0.4, -0.2) is 37.4 Å². The second-order valence-electron chi connectivity index (χ2n) is 8.73. The first kappa shape index (κ1) is 27.2. The van der Waals surface area contributed by atoms with Gasteiger partial charge in [0.15, 0.2) is 11.0 Å². The quantitative estimate of drug-likeness (QED) is 0.165. The van der Waals surface area contributed by atoms with E-state index in [9.17, 15) is 14.0 Å². The maximum atomic E-state index is 14.5. The minimum Gasteiger partial charge on any atom is -0.459 e. The zero-order valence-corrected chi connectivity index (χ0v) is 23.0. The van der Waals surface area contributed by atoms with Crippen molar-refractivity contribution in [2.75, 3.05) is 11.1 Å². The van der Waals surface area contributed by atoms with E-state index in [1.54, 1.807) is 28.1 Å². The highest BCUT2D eigenvalue weighted by Crippen LogP contribution is 2.29. The fourth-order valence-electron chi connectivity index (χ4n) is 3.79. The summed E-state index contributed by atoms with van der Waals surface area (Å²) in [5, 5.41) is 14.1. The minimum absolute atomic E-state index is 0.0126. The number of nitrogens with one attached hydrogen (secondary N) is 1. The number of anilines is 1. The average Bonchev–Trinajstić information content (AvgIpc) is 3.59. The van der Waals surface area contributed by atoms with Gasteiger partial charge in [0, 0.05) is 16.8 Å². The molecule has 0 spiro atoms. The number of carbonyl (C=O) groups excluding carboxylic acids is 2. The molecule has 1 N–H and O–H groups in total. The summed E-state index contributed by atoms with van der Waals surface area (Å²) in [6.45, 7) is 1.97. The van der Waals surface area contributed by atoms with Crippen LogP contribution < -0.4 is 5.32 Å². The van der Waals surface area contributed by atoms with Crippen LogP contribution in [0, 0.1) is 12.7 Å². The number of hydrogen-bond donors (Lipinski definition) is 1. The van der Waals surface area contributed by atoms with Gasteiger partial charge in [0.2, 0.25) is 5.91 Å². The summed E-state index contributed by atoms with van der Waals surface area (Å²) in [6, 6.07) is 23.2. The number of rotatable bonds is 10. The predicted molar refractivity (Wildman–Crippen MR) is 153 cm³/mol. The third-order valence-electron chi connectivity index (χ3n) is 5.71. The highest BCUT2D eigenvalue weighted by Gasteiger charge is 2.20. The number of esters is 1. The van der Waals surface area contributed by atoms with E-state index in [-0.39, 0.29) is 24.7 Å². The third-order valence-corrected chi connectivity index (χ3v) is 7.51. The van der Waals surface area contributed by atoms with Gasteiger partial charge in [0.05, 0.1) is 23.4 Å². The summed E-state index contributed by atoms with van der Waals surface area (Å²) < 4.78 is 21.7. The van der Waals surface area contributed by atoms with Gasteiger partial charge in [-0.2, -0.15) is 0 Å². The van der Waals surface area contributed by atoms with Crippen molar-refractivity contribution in [2.24, 2.45) is 0 Å². The lowest BCUT2D eigenvalue weighted by Gasteiger charge is -2.10. The predicted octanol–water partition coefficient (Wildman–Crippen LogP) is 5.86. The van der Waals surface area contributed by atoms with Crippen molar-refractivity contribution in [3.8, 4) is 17.1 Å². The molecule has 0 radical (unpaired) electrons. The van der Waals surface area contributed by atoms with E-state index in [1.165, 1.54) is 17.4 Å². The van der Waals surface area contributed by atoms with E-state index in [1.807, 2.05) is 61.5 Å². The Morgan fingerprint density at radius 3 is 2.52 bits per heavy atom. The Morgan fingerprint density at radius 2 is 1.75 bits per heavy atom. The average molecular weight is 574 g/mol. The first-order chi connectivity index (χ1) is 19.5. The zero-order valence-electron chi connectivity index (χ0n) is 21.4. The molecule has 2 heterocycles. The van der Waals surface area contributed by atoms with Gasteiger partial charge in [-0.15, -0.1) is 21.5 Å². The Hall–Kier alpha value is -4.35. The fraction of sp³-hybridized carbons (Fsp3) is 0.138. The number of ether oxygens (including phenoxy) is 1. The number of thioether (sulfide) groups is 1. The Morgan fingerprint density at radius 1 is 1.00 bits per heavy atom. The molecule has 5 rings (SSSR count). The van der Waals surface area contributed by atoms with Crippen molar-refractivity contribution < 1.29 is 18.7 Å². The van der Waals surface area contributed by atoms with Crippen LogP contribution in [0.5, 0.6) is 0 Å². The van der Waals surface area contributed by atoms with Crippen molar-refractivity contribution in [2.45, 2.75) is 25.1 Å². The number of para-hydroxylation sites is 1. The normalized spacial score (nSPS) is 10.8. The molecule has 11 heteroatoms. The molecule has 0 atom stereocenters. The van der Waals surface area contributed by atoms with Gasteiger partial charge in [-0.25, -0.2) is 9.37 Å². The van der Waals surface area contributed by atoms with Crippen LogP contribution in [0.15, 0.2) is 89.4 Å². The number of carbonyl (C=O) groups is 2. The number of nitrogens with zero attached hydrogens (tertiary/aromatic N) is 4. The maximum Gasteiger partial charge on any atom is 0.316 e. The van der Waals surface area contributed by atoms with Crippen LogP contribution in [0.1, 0.15) is 16.3 Å². The minimum atomic E-state index is -0.466. The number of amides is 1. The number of hydrogen-bond acceptors (Lipinski definition) is 8. The lowest BCUT2D eigenvalue weighted by molar-refractivity contribution is -0.141. The van der Waals surface area contributed by atoms with Crippen LogP contribution in [0.2, 0.25) is 0 Å². The molecule has 40 heavy (non-hydrogen) atoms. The first-order valence-electron chi connectivity index (χ1n) is 12.3. The van der Waals surface area contributed by atoms with E-state index in [0.717, 1.165) is 28.7 Å². The Kier molecular flexibility index (Phi) is 8.62. The topological polar surface area (TPSA) is 99.0 Å². The SMILES string of the molecule is Cc1ccc(NC(=O)Cc2nc(COC(=O)CSc3nnc(-c4ccccc4F)n3-c3ccccc3)cs2)cc1. The molecule has 8 nitrogen and oxygen atoms in total. The Labute approximate surface area is 238 Å². The summed E-state index contributed by atoms with van der Waals surface area (Å²) >= 11 is 2.48. The van der Waals surface area contributed by atoms with E-state index >= 15 is 0 Å². The number of benzene rings is 3. The molecular weight excluding hydrogens is 549 g/mol. The third kappa shape index (κ3) is 6.80. The van der Waals surface area contributed by atoms with Gasteiger partial charge in [-0.3, -0.25) is 14.2 Å². The molecule has 0 aliphatic carbocycles. The van der Waals surface area contributed by atoms with Gasteiger partial charge >= 0.3 is 5.97 Å². The molecule has 202 valence electrons. The van der Waals surface area contributed by atoms with Crippen molar-refractivity contribution in [1.82, 2.24) is 19.7 Å². The highest BCUT2D eigenvalue weighted by atomic mass is 32.2. The van der Waals surface area contributed by atoms with Gasteiger partial charge in [0.1, 0.15) is 17.4 Å². The zero-order chi connectivity index (χ0) is 27.9. The van der Waals surface area contributed by atoms with E-state index in [4.69, 9.17) is 4.74 Å². The Bertz CT molecular complexity index is 1620. The first-order valence-corrected chi connectivity index (χ1v) is 14.2. The molecule has 0 fully saturated rings. The van der Waals surface area contributed by atoms with Crippen molar-refractivity contribution in [1.29, 1.82) is 0 Å². The van der Waals surface area contributed by atoms with Crippen LogP contribution in [0.4, 0.5) is 10.1 Å². The van der Waals surface area contributed by atoms with E-state index in [2.05, 4.69) is 20.5 Å². The molecule has 5 aromatic rings. The molecular formula is C29H24FN5O3S2. The largest absolute Gasteiger partial charge is 0.459 e. The molecule has 3 aromatic carbocycles. The van der Waals surface area contributed by atoms with Gasteiger partial charge in [0.25, 0.3) is 0 Å². The lowest BCUT2D eigenvalue weighted by atomic mass is 10.2. The van der Waals surface area contributed by atoms with Crippen molar-refractivity contribution >= 4 is 40.7 Å². The summed E-state index contributed by atoms with van der Waals surface area (Å²) in [5.74, 6) is -0.750. The van der Waals surface area contributed by atoms with E-state index < -0.39 is 11.8 Å². The van der Waals surface area contributed by atoms with Crippen LogP contribution >= 0.6 is 23.1 Å². The molecule has 0 unspecified atom stereocenters. The second kappa shape index (κ2) is 12.7. The standard InChI is InChI=1S/C29H24FN5O3S2/c1-19-11-13-20(14-12-19)31-25(36)15-26-32-21(17-39-26)16-38-27(37)18-40-29-34-33-28(23-9-5-6-10-24(23)30)35(29)22-7-3-2-4-8-22/h2-14,17H,15-16,18H2,1H3,(H,31,36). The summed E-state index contributed by atoms with van der Waals surface area (Å²) in [4.78, 5) is 29.3. The molecule has 0 bridgehead atoms. The molecule has 1 amide bonds. The highest BCUT2D eigenvalue weighted by molar-refractivity contribution is 7.99. The van der Waals surface area contributed by atoms with Crippen molar-refractivity contribution in [3.05, 3.63) is 106 Å². The maximum absolute atomic E-state index is 14.5. The van der Waals surface area contributed by atoms with Crippen LogP contribution in [-0.2, 0) is 27.4 Å². The summed E-state index contributed by atoms with van der Waals surface area (Å²) in [5.41, 5.74) is 3.45. The summed E-state index contributed by atoms with van der Waals surface area (Å²) in [7, 11) is 0. The van der Waals surface area contributed by atoms with Crippen LogP contribution in [0.25, 0.3) is 17.1 Å². The molecule has 0 aliphatic heterocycles. The van der Waals surface area contributed by atoms with Crippen molar-refractivity contribution in [3.63, 3.8) is 0 Å². The fourth-order valence-corrected chi connectivity index (χ4v) is 5.31. The monoisotopic (exact) mass is 573 g/mol.